The smallest absolute Gasteiger partial charge is 0.407 e. The van der Waals surface area contributed by atoms with Gasteiger partial charge in [0.15, 0.2) is 0 Å². The van der Waals surface area contributed by atoms with Crippen LogP contribution in [0.4, 0.5) is 4.79 Å². The van der Waals surface area contributed by atoms with Crippen LogP contribution < -0.4 is 5.32 Å². The number of benzene rings is 2. The number of carboxylic acid groups (broad SMARTS) is 1. The predicted octanol–water partition coefficient (Wildman–Crippen LogP) is 5.29. The molecule has 3 aromatic rings. The molecule has 0 aliphatic rings. The number of nitrogens with one attached hydrogen (secondary N) is 1. The highest BCUT2D eigenvalue weighted by atomic mass is 16.4. The van der Waals surface area contributed by atoms with E-state index in [0.717, 1.165) is 22.4 Å². The Hall–Kier alpha value is -4.01. The van der Waals surface area contributed by atoms with Crippen molar-refractivity contribution in [3.8, 4) is 11.5 Å². The zero-order valence-electron chi connectivity index (χ0n) is 22.4. The van der Waals surface area contributed by atoms with Gasteiger partial charge < -0.3 is 14.8 Å². The van der Waals surface area contributed by atoms with Crippen molar-refractivity contribution in [1.29, 1.82) is 0 Å². The van der Waals surface area contributed by atoms with Gasteiger partial charge in [0.05, 0.1) is 6.04 Å². The summed E-state index contributed by atoms with van der Waals surface area (Å²) in [5, 5.41) is 21.2. The van der Waals surface area contributed by atoms with Gasteiger partial charge in [-0.15, -0.1) is 10.2 Å². The molecular formula is C29H36N4O5. The number of amides is 2. The van der Waals surface area contributed by atoms with Crippen molar-refractivity contribution in [3.05, 3.63) is 72.1 Å². The fraction of sp³-hybridized carbons (Fsp3) is 0.414. The monoisotopic (exact) mass is 520 g/mol. The van der Waals surface area contributed by atoms with Crippen LogP contribution in [-0.2, 0) is 16.0 Å². The summed E-state index contributed by atoms with van der Waals surface area (Å²) < 4.78 is 5.90. The molecule has 3 atom stereocenters. The van der Waals surface area contributed by atoms with E-state index in [9.17, 15) is 19.5 Å². The van der Waals surface area contributed by atoms with E-state index in [-0.39, 0.29) is 18.7 Å². The number of carbonyl (C=O) groups excluding carboxylic acids is 2. The lowest BCUT2D eigenvalue weighted by atomic mass is 9.72. The molecule has 2 N–H and O–H groups in total. The Morgan fingerprint density at radius 3 is 2.24 bits per heavy atom. The van der Waals surface area contributed by atoms with Crippen molar-refractivity contribution in [2.24, 2.45) is 5.92 Å². The molecule has 0 saturated heterocycles. The summed E-state index contributed by atoms with van der Waals surface area (Å²) in [6.45, 7) is 5.61. The molecule has 3 rings (SSSR count). The second-order valence-electron chi connectivity index (χ2n) is 9.48. The van der Waals surface area contributed by atoms with E-state index in [1.165, 1.54) is 7.05 Å². The van der Waals surface area contributed by atoms with E-state index < -0.39 is 35.3 Å². The molecule has 0 bridgehead atoms. The maximum Gasteiger partial charge on any atom is 0.407 e. The van der Waals surface area contributed by atoms with Crippen LogP contribution in [0.5, 0.6) is 0 Å². The molecule has 2 amide bonds. The first-order valence-electron chi connectivity index (χ1n) is 13.0. The van der Waals surface area contributed by atoms with Crippen LogP contribution in [0.15, 0.2) is 65.1 Å². The van der Waals surface area contributed by atoms with Gasteiger partial charge in [-0.1, -0.05) is 81.6 Å². The Kier molecular flexibility index (Phi) is 9.76. The second-order valence-corrected chi connectivity index (χ2v) is 9.48. The molecule has 0 saturated carbocycles. The molecule has 0 spiro atoms. The Morgan fingerprint density at radius 1 is 1.03 bits per heavy atom. The van der Waals surface area contributed by atoms with Crippen LogP contribution in [0, 0.1) is 5.92 Å². The van der Waals surface area contributed by atoms with Crippen molar-refractivity contribution >= 4 is 17.8 Å². The molecule has 2 aromatic carbocycles. The molecule has 0 fully saturated rings. The molecular weight excluding hydrogens is 484 g/mol. The minimum atomic E-state index is -1.61. The zero-order valence-corrected chi connectivity index (χ0v) is 22.4. The second kappa shape index (κ2) is 13.0. The van der Waals surface area contributed by atoms with Gasteiger partial charge in [-0.25, -0.2) is 4.79 Å². The number of hydrogen-bond acceptors (Lipinski definition) is 6. The highest BCUT2D eigenvalue weighted by Gasteiger charge is 2.52. The molecule has 202 valence electrons. The number of aromatic nitrogens is 2. The normalized spacial score (nSPS) is 14.2. The molecule has 1 aromatic heterocycles. The van der Waals surface area contributed by atoms with E-state index in [2.05, 4.69) is 15.5 Å². The summed E-state index contributed by atoms with van der Waals surface area (Å²) in [5.41, 5.74) is -0.0198. The standard InChI is InChI=1S/C29H36N4O5/c1-5-7-18-29(33(4)28(36)37,25(34)26(35)30-20(3)21-14-10-8-11-15-21)23(6-2)19-24-31-32-27(38-24)22-16-12-9-13-17-22/h8-17,20,23H,5-7,18-19H2,1-4H3,(H,30,35)(H,36,37)/t20-,23?,29?/m1/s1. The van der Waals surface area contributed by atoms with Crippen molar-refractivity contribution in [2.45, 2.75) is 64.5 Å². The van der Waals surface area contributed by atoms with Crippen molar-refractivity contribution in [3.63, 3.8) is 0 Å². The van der Waals surface area contributed by atoms with Crippen LogP contribution in [0.1, 0.15) is 64.0 Å². The fourth-order valence-electron chi connectivity index (χ4n) is 4.89. The quantitative estimate of drug-likeness (QED) is 0.293. The first-order valence-corrected chi connectivity index (χ1v) is 13.0. The van der Waals surface area contributed by atoms with E-state index in [4.69, 9.17) is 4.42 Å². The van der Waals surface area contributed by atoms with Gasteiger partial charge in [0.2, 0.25) is 17.6 Å². The molecule has 0 aliphatic heterocycles. The molecule has 38 heavy (non-hydrogen) atoms. The zero-order chi connectivity index (χ0) is 27.7. The van der Waals surface area contributed by atoms with Gasteiger partial charge in [-0.05, 0) is 37.0 Å². The lowest BCUT2D eigenvalue weighted by molar-refractivity contribution is -0.147. The largest absolute Gasteiger partial charge is 0.465 e. The minimum Gasteiger partial charge on any atom is -0.465 e. The molecule has 1 heterocycles. The van der Waals surface area contributed by atoms with Gasteiger partial charge in [-0.3, -0.25) is 14.5 Å². The SMILES string of the molecule is CCCCC(C(=O)C(=O)N[C@H](C)c1ccccc1)(C(CC)Cc1nnc(-c2ccccc2)o1)N(C)C(=O)O. The molecule has 9 heteroatoms. The third kappa shape index (κ3) is 6.27. The molecule has 2 unspecified atom stereocenters. The van der Waals surface area contributed by atoms with Gasteiger partial charge in [-0.2, -0.15) is 0 Å². The number of likely N-dealkylation sites (N-methyl/N-ethyl adjacent to an activating group) is 1. The lowest BCUT2D eigenvalue weighted by Gasteiger charge is -2.44. The van der Waals surface area contributed by atoms with Gasteiger partial charge in [0.1, 0.15) is 5.54 Å². The molecule has 0 aliphatic carbocycles. The molecule has 9 nitrogen and oxygen atoms in total. The number of hydrogen-bond donors (Lipinski definition) is 2. The van der Waals surface area contributed by atoms with Crippen LogP contribution in [0.3, 0.4) is 0 Å². The van der Waals surface area contributed by atoms with Crippen LogP contribution >= 0.6 is 0 Å². The van der Waals surface area contributed by atoms with E-state index in [0.29, 0.717) is 18.7 Å². The summed E-state index contributed by atoms with van der Waals surface area (Å²) >= 11 is 0. The Morgan fingerprint density at radius 2 is 1.66 bits per heavy atom. The Labute approximate surface area is 223 Å². The van der Waals surface area contributed by atoms with Gasteiger partial charge in [0.25, 0.3) is 5.91 Å². The minimum absolute atomic E-state index is 0.144. The number of ketones is 1. The first-order chi connectivity index (χ1) is 18.2. The van der Waals surface area contributed by atoms with E-state index in [1.807, 2.05) is 74.5 Å². The topological polar surface area (TPSA) is 126 Å². The lowest BCUT2D eigenvalue weighted by Crippen LogP contribution is -2.63. The fourth-order valence-corrected chi connectivity index (χ4v) is 4.89. The third-order valence-corrected chi connectivity index (χ3v) is 7.12. The summed E-state index contributed by atoms with van der Waals surface area (Å²) in [4.78, 5) is 40.7. The highest BCUT2D eigenvalue weighted by Crippen LogP contribution is 2.36. The van der Waals surface area contributed by atoms with Crippen molar-refractivity contribution in [1.82, 2.24) is 20.4 Å². The van der Waals surface area contributed by atoms with Crippen LogP contribution in [-0.4, -0.2) is 50.6 Å². The van der Waals surface area contributed by atoms with Gasteiger partial charge >= 0.3 is 6.09 Å². The maximum absolute atomic E-state index is 14.0. The van der Waals surface area contributed by atoms with Crippen LogP contribution in [0.2, 0.25) is 0 Å². The predicted molar refractivity (Wildman–Crippen MR) is 143 cm³/mol. The number of nitrogens with zero attached hydrogens (tertiary/aromatic N) is 3. The highest BCUT2D eigenvalue weighted by molar-refractivity contribution is 6.40. The van der Waals surface area contributed by atoms with Gasteiger partial charge in [0, 0.05) is 19.0 Å². The number of Topliss-reactive ketones (excluding diaryl/α,β-unsaturated/α-hetero) is 1. The van der Waals surface area contributed by atoms with E-state index in [1.54, 1.807) is 6.92 Å². The summed E-state index contributed by atoms with van der Waals surface area (Å²) in [6, 6.07) is 18.2. The maximum atomic E-state index is 14.0. The van der Waals surface area contributed by atoms with E-state index >= 15 is 0 Å². The molecule has 0 radical (unpaired) electrons. The van der Waals surface area contributed by atoms with Crippen LogP contribution in [0.25, 0.3) is 11.5 Å². The summed E-state index contributed by atoms with van der Waals surface area (Å²) in [5.74, 6) is -1.57. The van der Waals surface area contributed by atoms with Crippen molar-refractivity contribution < 1.29 is 23.9 Å². The number of unbranched alkanes of at least 4 members (excludes halogenated alkanes) is 1. The first kappa shape index (κ1) is 28.6. The third-order valence-electron chi connectivity index (χ3n) is 7.12. The average molecular weight is 521 g/mol. The Balaban J connectivity index is 1.97. The Bertz CT molecular complexity index is 1210. The summed E-state index contributed by atoms with van der Waals surface area (Å²) in [7, 11) is 1.36. The number of carbonyl (C=O) groups is 3. The number of rotatable bonds is 13. The summed E-state index contributed by atoms with van der Waals surface area (Å²) in [6.07, 6.45) is 0.742. The average Bonchev–Trinajstić information content (AvgIpc) is 3.41. The van der Waals surface area contributed by atoms with Crippen molar-refractivity contribution in [2.75, 3.05) is 7.05 Å².